The van der Waals surface area contributed by atoms with Crippen molar-refractivity contribution in [1.29, 1.82) is 0 Å². The number of hydrogen-bond acceptors (Lipinski definition) is 4. The van der Waals surface area contributed by atoms with Crippen molar-refractivity contribution in [1.82, 2.24) is 15.3 Å². The molecule has 2 amide bonds. The Bertz CT molecular complexity index is 1860. The lowest BCUT2D eigenvalue weighted by atomic mass is 10.0. The number of aromatic amines is 2. The second kappa shape index (κ2) is 12.3. The Hall–Kier alpha value is -5.25. The molecule has 5 N–H and O–H groups in total. The molecule has 4 heterocycles. The summed E-state index contributed by atoms with van der Waals surface area (Å²) in [6.07, 6.45) is 9.05. The molecule has 0 unspecified atom stereocenters. The largest absolute Gasteiger partial charge is 0.481 e. The van der Waals surface area contributed by atoms with Crippen LogP contribution in [0.3, 0.4) is 0 Å². The highest BCUT2D eigenvalue weighted by Crippen LogP contribution is 2.28. The van der Waals surface area contributed by atoms with Gasteiger partial charge in [0.1, 0.15) is 0 Å². The van der Waals surface area contributed by atoms with Crippen LogP contribution in [-0.2, 0) is 19.2 Å². The molecule has 0 aromatic carbocycles. The number of carbonyl (C=O) groups excluding carboxylic acids is 2. The molecule has 222 valence electrons. The molecule has 43 heavy (non-hydrogen) atoms. The van der Waals surface area contributed by atoms with Gasteiger partial charge in [-0.25, -0.2) is 4.99 Å². The van der Waals surface area contributed by atoms with Gasteiger partial charge in [0.05, 0.1) is 5.71 Å². The third kappa shape index (κ3) is 6.18. The van der Waals surface area contributed by atoms with Gasteiger partial charge in [0.25, 0.3) is 11.8 Å². The smallest absolute Gasteiger partial charge is 0.303 e. The van der Waals surface area contributed by atoms with E-state index < -0.39 is 17.8 Å². The molecule has 2 aliphatic rings. The molecule has 0 fully saturated rings. The Morgan fingerprint density at radius 3 is 2.00 bits per heavy atom. The molecule has 0 radical (unpaired) electrons. The van der Waals surface area contributed by atoms with Crippen LogP contribution in [0.2, 0.25) is 0 Å². The first kappa shape index (κ1) is 30.7. The highest BCUT2D eigenvalue weighted by molar-refractivity contribution is 6.30. The zero-order chi connectivity index (χ0) is 31.6. The number of carboxylic acid groups (broad SMARTS) is 2. The van der Waals surface area contributed by atoms with Gasteiger partial charge >= 0.3 is 11.9 Å². The number of carboxylic acids is 2. The Morgan fingerprint density at radius 2 is 1.40 bits per heavy atom. The third-order valence-electron chi connectivity index (χ3n) is 7.88. The third-order valence-corrected chi connectivity index (χ3v) is 7.88. The Balaban J connectivity index is 1.76. The number of nitrogens with one attached hydrogen (secondary N) is 3. The van der Waals surface area contributed by atoms with Crippen molar-refractivity contribution in [2.75, 3.05) is 0 Å². The van der Waals surface area contributed by atoms with E-state index in [9.17, 15) is 19.2 Å². The van der Waals surface area contributed by atoms with Crippen molar-refractivity contribution in [2.45, 2.75) is 53.4 Å². The van der Waals surface area contributed by atoms with E-state index in [0.717, 1.165) is 44.3 Å². The molecule has 2 aromatic rings. The lowest BCUT2D eigenvalue weighted by Crippen LogP contribution is -2.16. The van der Waals surface area contributed by atoms with Gasteiger partial charge in [-0.3, -0.25) is 19.2 Å². The number of hydrogen-bond donors (Lipinski definition) is 5. The van der Waals surface area contributed by atoms with Gasteiger partial charge in [-0.15, -0.1) is 0 Å². The Morgan fingerprint density at radius 1 is 0.767 bits per heavy atom. The summed E-state index contributed by atoms with van der Waals surface area (Å²) in [6.45, 7) is 15.4. The van der Waals surface area contributed by atoms with Crippen molar-refractivity contribution in [2.24, 2.45) is 4.99 Å². The van der Waals surface area contributed by atoms with Crippen LogP contribution >= 0.6 is 0 Å². The number of nitrogens with zero attached hydrogens (tertiary/aromatic N) is 1. The fourth-order valence-corrected chi connectivity index (χ4v) is 5.32. The first-order chi connectivity index (χ1) is 20.4. The number of carbonyl (C=O) groups is 4. The molecule has 0 spiro atoms. The van der Waals surface area contributed by atoms with Crippen molar-refractivity contribution < 1.29 is 29.4 Å². The van der Waals surface area contributed by atoms with Gasteiger partial charge in [0.15, 0.2) is 0 Å². The average molecular weight is 583 g/mol. The van der Waals surface area contributed by atoms with Crippen LogP contribution in [-0.4, -0.2) is 49.6 Å². The van der Waals surface area contributed by atoms with E-state index in [2.05, 4.69) is 33.4 Å². The molecule has 0 aliphatic carbocycles. The van der Waals surface area contributed by atoms with Gasteiger partial charge in [-0.05, 0) is 81.0 Å². The number of rotatable bonds is 11. The summed E-state index contributed by atoms with van der Waals surface area (Å²) in [5.74, 6) is -2.64. The fraction of sp³-hybridized carbons (Fsp3) is 0.242. The van der Waals surface area contributed by atoms with Crippen molar-refractivity contribution in [3.05, 3.63) is 85.5 Å². The first-order valence-corrected chi connectivity index (χ1v) is 13.8. The first-order valence-electron chi connectivity index (χ1n) is 13.8. The van der Waals surface area contributed by atoms with E-state index in [1.807, 2.05) is 26.0 Å². The van der Waals surface area contributed by atoms with Gasteiger partial charge in [-0.2, -0.15) is 0 Å². The van der Waals surface area contributed by atoms with Crippen LogP contribution in [0.4, 0.5) is 0 Å². The van der Waals surface area contributed by atoms with Crippen LogP contribution in [0.1, 0.15) is 73.2 Å². The quantitative estimate of drug-likeness (QED) is 0.271. The monoisotopic (exact) mass is 582 g/mol. The van der Waals surface area contributed by atoms with E-state index in [1.54, 1.807) is 32.1 Å². The highest BCUT2D eigenvalue weighted by atomic mass is 16.4. The molecular weight excluding hydrogens is 548 g/mol. The van der Waals surface area contributed by atoms with E-state index in [-0.39, 0.29) is 31.6 Å². The SMILES string of the molecule is C=Cc1c(C=c2[nH]c(=CC3=NC(=O)C(CCC(=O)O)=C3C)c(C)c2C=C)[nH]c(/C=C2\NC(=O)C(CCC(=O)O)=C2C)c1C. The summed E-state index contributed by atoms with van der Waals surface area (Å²) < 4.78 is 0. The molecular formula is C33H34N4O6. The lowest BCUT2D eigenvalue weighted by molar-refractivity contribution is -0.138. The Labute approximate surface area is 248 Å². The van der Waals surface area contributed by atoms with E-state index in [1.165, 1.54) is 0 Å². The van der Waals surface area contributed by atoms with E-state index in [0.29, 0.717) is 33.7 Å². The molecule has 10 nitrogen and oxygen atoms in total. The van der Waals surface area contributed by atoms with E-state index in [4.69, 9.17) is 10.2 Å². The lowest BCUT2D eigenvalue weighted by Gasteiger charge is -2.00. The highest BCUT2D eigenvalue weighted by Gasteiger charge is 2.25. The molecule has 2 aliphatic heterocycles. The topological polar surface area (TPSA) is 165 Å². The minimum absolute atomic E-state index is 0.124. The molecule has 0 saturated heterocycles. The second-order valence-electron chi connectivity index (χ2n) is 10.5. The molecule has 0 bridgehead atoms. The normalized spacial score (nSPS) is 16.9. The summed E-state index contributed by atoms with van der Waals surface area (Å²) in [7, 11) is 0. The minimum Gasteiger partial charge on any atom is -0.481 e. The minimum atomic E-state index is -0.973. The van der Waals surface area contributed by atoms with Crippen LogP contribution in [0.25, 0.3) is 30.4 Å². The van der Waals surface area contributed by atoms with Crippen molar-refractivity contribution in [3.8, 4) is 0 Å². The average Bonchev–Trinajstić information content (AvgIpc) is 3.58. The predicted octanol–water partition coefficient (Wildman–Crippen LogP) is 3.67. The molecule has 2 aromatic heterocycles. The van der Waals surface area contributed by atoms with Crippen molar-refractivity contribution in [3.63, 3.8) is 0 Å². The van der Waals surface area contributed by atoms with Crippen LogP contribution in [0.15, 0.2) is 46.1 Å². The maximum absolute atomic E-state index is 12.5. The van der Waals surface area contributed by atoms with Crippen LogP contribution in [0, 0.1) is 13.8 Å². The van der Waals surface area contributed by atoms with Crippen LogP contribution in [0.5, 0.6) is 0 Å². The number of aromatic nitrogens is 2. The Kier molecular flexibility index (Phi) is 8.80. The number of amides is 2. The van der Waals surface area contributed by atoms with Crippen molar-refractivity contribution >= 4 is 59.8 Å². The van der Waals surface area contributed by atoms with Gasteiger partial charge < -0.3 is 25.5 Å². The predicted molar refractivity (Wildman–Crippen MR) is 166 cm³/mol. The van der Waals surface area contributed by atoms with Crippen LogP contribution < -0.4 is 16.0 Å². The van der Waals surface area contributed by atoms with Gasteiger partial charge in [-0.1, -0.05) is 25.3 Å². The summed E-state index contributed by atoms with van der Waals surface area (Å²) in [6, 6.07) is 0. The number of aliphatic imine (C=N–C) groups is 1. The molecule has 0 atom stereocenters. The summed E-state index contributed by atoms with van der Waals surface area (Å²) in [5, 5.41) is 22.4. The molecule has 10 heteroatoms. The second-order valence-corrected chi connectivity index (χ2v) is 10.5. The van der Waals surface area contributed by atoms with Gasteiger partial charge in [0, 0.05) is 62.9 Å². The zero-order valence-corrected chi connectivity index (χ0v) is 24.6. The fourth-order valence-electron chi connectivity index (χ4n) is 5.32. The van der Waals surface area contributed by atoms with Gasteiger partial charge in [0.2, 0.25) is 0 Å². The number of aliphatic carboxylic acids is 2. The number of allylic oxidation sites excluding steroid dienone is 2. The maximum Gasteiger partial charge on any atom is 0.303 e. The van der Waals surface area contributed by atoms with E-state index >= 15 is 0 Å². The maximum atomic E-state index is 12.5. The standard InChI is InChI=1S/C33H34N4O6/c1-7-20-16(3)24(13-26-18(5)22(32(42)36-26)9-11-30(38)39)34-28(20)15-29-21(8-2)17(4)25(35-29)14-27-19(6)23(33(43)37-27)10-12-31(40)41/h7-8,13-15,34-35H,1-2,9-12H2,3-6H3,(H,36,42)(H,38,39)(H,40,41)/b25-14?,26-13-,29-15?. The number of H-pyrrole nitrogens is 2. The summed E-state index contributed by atoms with van der Waals surface area (Å²) in [4.78, 5) is 57.9. The molecule has 4 rings (SSSR count). The zero-order valence-electron chi connectivity index (χ0n) is 24.6. The summed E-state index contributed by atoms with van der Waals surface area (Å²) in [5.41, 5.74) is 8.40. The summed E-state index contributed by atoms with van der Waals surface area (Å²) >= 11 is 0. The molecule has 0 saturated carbocycles.